The van der Waals surface area contributed by atoms with Crippen molar-refractivity contribution >= 4 is 28.1 Å². The summed E-state index contributed by atoms with van der Waals surface area (Å²) in [5.74, 6) is 6.32. The third kappa shape index (κ3) is 13.5. The number of benzene rings is 3. The predicted octanol–water partition coefficient (Wildman–Crippen LogP) is 14.5. The molecular weight excluding hydrogens is 689 g/mol. The van der Waals surface area contributed by atoms with Gasteiger partial charge in [-0.05, 0) is 115 Å². The summed E-state index contributed by atoms with van der Waals surface area (Å²) in [5, 5.41) is 3.61. The van der Waals surface area contributed by atoms with Crippen LogP contribution in [0, 0.1) is 11.8 Å². The van der Waals surface area contributed by atoms with Gasteiger partial charge in [-0.2, -0.15) is 0 Å². The van der Waals surface area contributed by atoms with E-state index in [-0.39, 0.29) is 0 Å². The van der Waals surface area contributed by atoms with Crippen molar-refractivity contribution < 1.29 is 0 Å². The molecule has 3 aromatic carbocycles. The molecule has 1 aliphatic rings. The Morgan fingerprint density at radius 1 is 0.860 bits per heavy atom. The molecule has 1 aliphatic carbocycles. The fourth-order valence-electron chi connectivity index (χ4n) is 6.15. The fraction of sp³-hybridized carbons (Fsp3) is 0.127. The number of hydrogen-bond donors (Lipinski definition) is 1. The van der Waals surface area contributed by atoms with Gasteiger partial charge in [-0.1, -0.05) is 178 Å². The lowest BCUT2D eigenvalue weighted by molar-refractivity contribution is 1.07. The molecule has 1 N–H and O–H groups in total. The van der Waals surface area contributed by atoms with E-state index in [4.69, 9.17) is 0 Å². The van der Waals surface area contributed by atoms with Crippen molar-refractivity contribution in [3.8, 4) is 11.8 Å². The van der Waals surface area contributed by atoms with Gasteiger partial charge < -0.3 is 10.2 Å². The first-order valence-electron chi connectivity index (χ1n) is 19.4. The standard InChI is InChI=1S/C55H56N2/c1-9-12-18-27-44(5)54-42-49(39-40-55(54)56-51(26-11-3)34-24-17-21-30-47-28-19-16-20-29-47)43(4)37-38-45(6)53(36-13-10-2)46(7)57(8)52-35-25-33-50(41-52)48-31-22-14-15-23-32-48/h9-10,12-22,25,27-29,31-42,56H,1-2,4,6,23-24,30H2,3,5,7-8H3/b18-12-,21-17-,36-13-,38-37-,44-27+,51-34+,53-46-. The topological polar surface area (TPSA) is 15.3 Å². The van der Waals surface area contributed by atoms with E-state index >= 15 is 0 Å². The van der Waals surface area contributed by atoms with Crippen LogP contribution in [0.1, 0.15) is 55.9 Å². The van der Waals surface area contributed by atoms with Gasteiger partial charge in [-0.15, -0.1) is 0 Å². The average Bonchev–Trinajstić information content (AvgIpc) is 3.53. The summed E-state index contributed by atoms with van der Waals surface area (Å²) >= 11 is 0. The van der Waals surface area contributed by atoms with Crippen molar-refractivity contribution in [1.82, 2.24) is 0 Å². The Bertz CT molecular complexity index is 2290. The molecule has 0 bridgehead atoms. The molecule has 0 saturated heterocycles. The quantitative estimate of drug-likeness (QED) is 0.0793. The van der Waals surface area contributed by atoms with Crippen molar-refractivity contribution in [3.63, 3.8) is 0 Å². The van der Waals surface area contributed by atoms with Gasteiger partial charge in [0.1, 0.15) is 0 Å². The SMILES string of the molecule is C=C/C=C\C=C(/C)c1cc(C(=C)/C=C\C(=C)C(/C=C\C=C)=C(/C)N(C)c2cccc(C3=CCC=CC=C3)c2)ccc1N/C(C#CC)=C/C/C=C\Cc1ccccc1. The fourth-order valence-corrected chi connectivity index (χ4v) is 6.15. The Labute approximate surface area is 343 Å². The lowest BCUT2D eigenvalue weighted by Gasteiger charge is -2.24. The Hall–Kier alpha value is -6.82. The van der Waals surface area contributed by atoms with Gasteiger partial charge in [-0.3, -0.25) is 0 Å². The second-order valence-corrected chi connectivity index (χ2v) is 13.5. The van der Waals surface area contributed by atoms with Gasteiger partial charge >= 0.3 is 0 Å². The summed E-state index contributed by atoms with van der Waals surface area (Å²) in [6.07, 6.45) is 37.6. The predicted molar refractivity (Wildman–Crippen MR) is 254 cm³/mol. The van der Waals surface area contributed by atoms with Crippen LogP contribution in [0.2, 0.25) is 0 Å². The molecule has 0 saturated carbocycles. The zero-order valence-corrected chi connectivity index (χ0v) is 34.1. The highest BCUT2D eigenvalue weighted by Gasteiger charge is 2.12. The highest BCUT2D eigenvalue weighted by molar-refractivity contribution is 5.83. The summed E-state index contributed by atoms with van der Waals surface area (Å²) < 4.78 is 0. The van der Waals surface area contributed by atoms with E-state index in [9.17, 15) is 0 Å². The molecule has 4 rings (SSSR count). The van der Waals surface area contributed by atoms with E-state index < -0.39 is 0 Å². The Balaban J connectivity index is 1.59. The molecule has 0 aromatic heterocycles. The molecule has 3 aromatic rings. The van der Waals surface area contributed by atoms with Crippen molar-refractivity contribution in [2.24, 2.45) is 0 Å². The second-order valence-electron chi connectivity index (χ2n) is 13.5. The zero-order chi connectivity index (χ0) is 40.8. The van der Waals surface area contributed by atoms with Gasteiger partial charge in [0.05, 0.1) is 5.70 Å². The lowest BCUT2D eigenvalue weighted by atomic mass is 9.96. The lowest BCUT2D eigenvalue weighted by Crippen LogP contribution is -2.16. The van der Waals surface area contributed by atoms with Crippen LogP contribution in [0.25, 0.3) is 16.7 Å². The van der Waals surface area contributed by atoms with Gasteiger partial charge in [0.2, 0.25) is 0 Å². The number of rotatable bonds is 18. The van der Waals surface area contributed by atoms with Crippen LogP contribution >= 0.6 is 0 Å². The molecule has 0 spiro atoms. The zero-order valence-electron chi connectivity index (χ0n) is 34.1. The third-order valence-corrected chi connectivity index (χ3v) is 9.45. The third-order valence-electron chi connectivity index (χ3n) is 9.45. The van der Waals surface area contributed by atoms with Gasteiger partial charge in [0, 0.05) is 35.3 Å². The van der Waals surface area contributed by atoms with Crippen LogP contribution in [0.15, 0.2) is 225 Å². The summed E-state index contributed by atoms with van der Waals surface area (Å²) in [6, 6.07) is 25.5. The van der Waals surface area contributed by atoms with Gasteiger partial charge in [0.25, 0.3) is 0 Å². The van der Waals surface area contributed by atoms with Crippen LogP contribution in [0.5, 0.6) is 0 Å². The monoisotopic (exact) mass is 744 g/mol. The molecule has 57 heavy (non-hydrogen) atoms. The maximum Gasteiger partial charge on any atom is 0.0860 e. The second kappa shape index (κ2) is 23.2. The summed E-state index contributed by atoms with van der Waals surface area (Å²) in [6.45, 7) is 22.8. The molecule has 286 valence electrons. The smallest absolute Gasteiger partial charge is 0.0860 e. The molecule has 0 heterocycles. The highest BCUT2D eigenvalue weighted by Crippen LogP contribution is 2.31. The minimum atomic E-state index is 0.771. The number of anilines is 2. The van der Waals surface area contributed by atoms with Crippen molar-refractivity contribution in [2.75, 3.05) is 17.3 Å². The van der Waals surface area contributed by atoms with E-state index in [1.807, 2.05) is 43.4 Å². The molecule has 0 radical (unpaired) electrons. The summed E-state index contributed by atoms with van der Waals surface area (Å²) in [5.41, 5.74) is 13.6. The Kier molecular flexibility index (Phi) is 17.5. The first kappa shape index (κ1) is 42.9. The molecule has 0 unspecified atom stereocenters. The first-order chi connectivity index (χ1) is 27.7. The molecule has 2 heteroatoms. The molecule has 0 amide bonds. The molecular formula is C55H56N2. The Morgan fingerprint density at radius 2 is 1.67 bits per heavy atom. The minimum absolute atomic E-state index is 0.771. The molecule has 0 atom stereocenters. The average molecular weight is 745 g/mol. The summed E-state index contributed by atoms with van der Waals surface area (Å²) in [4.78, 5) is 2.21. The van der Waals surface area contributed by atoms with Crippen LogP contribution in [0.4, 0.5) is 11.4 Å². The van der Waals surface area contributed by atoms with Gasteiger partial charge in [0.15, 0.2) is 0 Å². The van der Waals surface area contributed by atoms with Gasteiger partial charge in [-0.25, -0.2) is 0 Å². The Morgan fingerprint density at radius 3 is 2.44 bits per heavy atom. The number of nitrogens with zero attached hydrogens (tertiary/aromatic N) is 1. The largest absolute Gasteiger partial charge is 0.348 e. The van der Waals surface area contributed by atoms with Crippen LogP contribution < -0.4 is 10.2 Å². The van der Waals surface area contributed by atoms with Crippen LogP contribution in [-0.4, -0.2) is 7.05 Å². The van der Waals surface area contributed by atoms with E-state index in [0.717, 1.165) is 75.5 Å². The van der Waals surface area contributed by atoms with Crippen molar-refractivity contribution in [1.29, 1.82) is 0 Å². The minimum Gasteiger partial charge on any atom is -0.348 e. The first-order valence-corrected chi connectivity index (χ1v) is 19.4. The van der Waals surface area contributed by atoms with Crippen molar-refractivity contribution in [3.05, 3.63) is 247 Å². The van der Waals surface area contributed by atoms with Crippen LogP contribution in [-0.2, 0) is 6.42 Å². The van der Waals surface area contributed by atoms with Crippen LogP contribution in [0.3, 0.4) is 0 Å². The maximum absolute atomic E-state index is 4.49. The number of nitrogens with one attached hydrogen (secondary N) is 1. The van der Waals surface area contributed by atoms with E-state index in [0.29, 0.717) is 0 Å². The number of allylic oxidation sites excluding steroid dienone is 24. The highest BCUT2D eigenvalue weighted by atomic mass is 15.1. The van der Waals surface area contributed by atoms with Crippen molar-refractivity contribution in [2.45, 2.75) is 40.0 Å². The van der Waals surface area contributed by atoms with E-state index in [2.05, 4.69) is 197 Å². The normalized spacial score (nSPS) is 13.6. The maximum atomic E-state index is 4.49. The van der Waals surface area contributed by atoms with E-state index in [1.165, 1.54) is 16.7 Å². The van der Waals surface area contributed by atoms with E-state index in [1.54, 1.807) is 12.2 Å². The summed E-state index contributed by atoms with van der Waals surface area (Å²) in [7, 11) is 2.09. The molecule has 0 aliphatic heterocycles. The molecule has 2 nitrogen and oxygen atoms in total. The molecule has 0 fully saturated rings. The number of hydrogen-bond acceptors (Lipinski definition) is 2.